The maximum Gasteiger partial charge on any atom is 0.264 e. The van der Waals surface area contributed by atoms with Crippen LogP contribution in [0.15, 0.2) is 77.7 Å². The van der Waals surface area contributed by atoms with Crippen LogP contribution in [0.5, 0.6) is 11.5 Å². The molecule has 1 amide bonds. The summed E-state index contributed by atoms with van der Waals surface area (Å²) in [5.74, 6) is 0.763. The number of hydrogen-bond donors (Lipinski definition) is 1. The summed E-state index contributed by atoms with van der Waals surface area (Å²) in [6.07, 6.45) is 0. The smallest absolute Gasteiger partial charge is 0.264 e. The second-order valence-corrected chi connectivity index (χ2v) is 10.3. The molecule has 0 saturated carbocycles. The fourth-order valence-electron chi connectivity index (χ4n) is 3.32. The Bertz CT molecular complexity index is 1200. The molecule has 0 fully saturated rings. The van der Waals surface area contributed by atoms with Crippen molar-refractivity contribution >= 4 is 44.2 Å². The van der Waals surface area contributed by atoms with Gasteiger partial charge in [-0.3, -0.25) is 9.10 Å². The number of sulfonamides is 1. The quantitative estimate of drug-likeness (QED) is 0.380. The predicted octanol–water partition coefficient (Wildman–Crippen LogP) is 4.38. The van der Waals surface area contributed by atoms with Crippen molar-refractivity contribution in [2.75, 3.05) is 25.1 Å². The average Bonchev–Trinajstić information content (AvgIpc) is 2.83. The second-order valence-electron chi connectivity index (χ2n) is 7.20. The summed E-state index contributed by atoms with van der Waals surface area (Å²) in [5, 5.41) is 2.88. The van der Waals surface area contributed by atoms with Gasteiger partial charge in [-0.15, -0.1) is 0 Å². The van der Waals surface area contributed by atoms with E-state index in [-0.39, 0.29) is 11.4 Å². The average molecular weight is 580 g/mol. The normalized spacial score (nSPS) is 12.0. The third-order valence-corrected chi connectivity index (χ3v) is 7.52. The highest BCUT2D eigenvalue weighted by Gasteiger charge is 2.28. The van der Waals surface area contributed by atoms with Gasteiger partial charge in [0.15, 0.2) is 0 Å². The topological polar surface area (TPSA) is 84.9 Å². The van der Waals surface area contributed by atoms with E-state index in [0.29, 0.717) is 17.2 Å². The van der Waals surface area contributed by atoms with Crippen molar-refractivity contribution in [1.29, 1.82) is 0 Å². The van der Waals surface area contributed by atoms with Crippen LogP contribution in [0.4, 0.5) is 5.69 Å². The van der Waals surface area contributed by atoms with Crippen molar-refractivity contribution in [2.45, 2.75) is 17.9 Å². The molecule has 0 radical (unpaired) electrons. The molecule has 0 unspecified atom stereocenters. The minimum Gasteiger partial charge on any atom is -0.497 e. The molecule has 0 aliphatic carbocycles. The van der Waals surface area contributed by atoms with Crippen LogP contribution < -0.4 is 19.1 Å². The number of anilines is 1. The van der Waals surface area contributed by atoms with Crippen molar-refractivity contribution in [3.63, 3.8) is 0 Å². The first-order valence-corrected chi connectivity index (χ1v) is 12.6. The van der Waals surface area contributed by atoms with Gasteiger partial charge in [-0.2, -0.15) is 0 Å². The van der Waals surface area contributed by atoms with E-state index in [2.05, 4.69) is 27.9 Å². The molecule has 3 aromatic rings. The molecule has 33 heavy (non-hydrogen) atoms. The molecule has 0 spiro atoms. The van der Waals surface area contributed by atoms with E-state index in [9.17, 15) is 13.2 Å². The second kappa shape index (κ2) is 10.9. The van der Waals surface area contributed by atoms with Gasteiger partial charge in [-0.05, 0) is 84.1 Å². The summed E-state index contributed by atoms with van der Waals surface area (Å²) in [4.78, 5) is 13.1. The first-order valence-electron chi connectivity index (χ1n) is 10.1. The van der Waals surface area contributed by atoms with Crippen LogP contribution in [0.1, 0.15) is 18.5 Å². The minimum absolute atomic E-state index is 0.110. The molecule has 0 aliphatic rings. The first kappa shape index (κ1) is 24.8. The zero-order chi connectivity index (χ0) is 24.0. The Morgan fingerprint density at radius 2 is 1.67 bits per heavy atom. The van der Waals surface area contributed by atoms with E-state index in [1.54, 1.807) is 81.8 Å². The van der Waals surface area contributed by atoms with Crippen LogP contribution in [0, 0.1) is 3.57 Å². The fourth-order valence-corrected chi connectivity index (χ4v) is 5.12. The Kier molecular flexibility index (Phi) is 8.20. The van der Waals surface area contributed by atoms with Crippen molar-refractivity contribution in [1.82, 2.24) is 5.32 Å². The zero-order valence-corrected chi connectivity index (χ0v) is 21.5. The Balaban J connectivity index is 1.89. The van der Waals surface area contributed by atoms with Crippen LogP contribution in [0.25, 0.3) is 0 Å². The SMILES string of the molecule is COc1ccc(OC)c([C@@H](C)NC(=O)CN(c2ccc(I)cc2)S(=O)(=O)c2ccccc2)c1. The molecular weight excluding hydrogens is 555 g/mol. The largest absolute Gasteiger partial charge is 0.497 e. The minimum atomic E-state index is -3.96. The maximum atomic E-state index is 13.4. The number of rotatable bonds is 9. The highest BCUT2D eigenvalue weighted by Crippen LogP contribution is 2.29. The first-order chi connectivity index (χ1) is 15.8. The van der Waals surface area contributed by atoms with Gasteiger partial charge in [0, 0.05) is 9.13 Å². The summed E-state index contributed by atoms with van der Waals surface area (Å²) in [5.41, 5.74) is 1.12. The number of nitrogens with zero attached hydrogens (tertiary/aromatic N) is 1. The summed E-state index contributed by atoms with van der Waals surface area (Å²) < 4.78 is 39.6. The zero-order valence-electron chi connectivity index (χ0n) is 18.5. The third-order valence-electron chi connectivity index (χ3n) is 5.01. The van der Waals surface area contributed by atoms with E-state index in [1.807, 2.05) is 0 Å². The predicted molar refractivity (Wildman–Crippen MR) is 136 cm³/mol. The van der Waals surface area contributed by atoms with Crippen molar-refractivity contribution in [3.05, 3.63) is 81.9 Å². The number of carbonyl (C=O) groups is 1. The lowest BCUT2D eigenvalue weighted by atomic mass is 10.1. The molecule has 174 valence electrons. The number of ether oxygens (including phenoxy) is 2. The molecule has 0 aliphatic heterocycles. The number of halogens is 1. The summed E-state index contributed by atoms with van der Waals surface area (Å²) in [6.45, 7) is 1.42. The van der Waals surface area contributed by atoms with Crippen LogP contribution >= 0.6 is 22.6 Å². The molecule has 0 heterocycles. The monoisotopic (exact) mass is 580 g/mol. The number of methoxy groups -OCH3 is 2. The van der Waals surface area contributed by atoms with Crippen molar-refractivity contribution in [2.24, 2.45) is 0 Å². The van der Waals surface area contributed by atoms with Gasteiger partial charge in [0.25, 0.3) is 10.0 Å². The van der Waals surface area contributed by atoms with Crippen LogP contribution in [-0.2, 0) is 14.8 Å². The van der Waals surface area contributed by atoms with Gasteiger partial charge in [-0.25, -0.2) is 8.42 Å². The lowest BCUT2D eigenvalue weighted by Gasteiger charge is -2.25. The van der Waals surface area contributed by atoms with Crippen LogP contribution in [-0.4, -0.2) is 35.1 Å². The lowest BCUT2D eigenvalue weighted by Crippen LogP contribution is -2.41. The van der Waals surface area contributed by atoms with Gasteiger partial charge in [-0.1, -0.05) is 18.2 Å². The molecule has 3 rings (SSSR count). The van der Waals surface area contributed by atoms with Gasteiger partial charge in [0.1, 0.15) is 18.0 Å². The van der Waals surface area contributed by atoms with Crippen LogP contribution in [0.2, 0.25) is 0 Å². The van der Waals surface area contributed by atoms with Crippen molar-refractivity contribution < 1.29 is 22.7 Å². The number of amides is 1. The Hall–Kier alpha value is -2.79. The summed E-state index contributed by atoms with van der Waals surface area (Å²) in [6, 6.07) is 19.9. The Labute approximate surface area is 207 Å². The highest BCUT2D eigenvalue weighted by atomic mass is 127. The van der Waals surface area contributed by atoms with E-state index >= 15 is 0 Å². The fraction of sp³-hybridized carbons (Fsp3) is 0.208. The van der Waals surface area contributed by atoms with Gasteiger partial charge in [0.05, 0.1) is 30.8 Å². The molecule has 1 N–H and O–H groups in total. The summed E-state index contributed by atoms with van der Waals surface area (Å²) >= 11 is 2.14. The maximum absolute atomic E-state index is 13.4. The molecule has 0 saturated heterocycles. The van der Waals surface area contributed by atoms with Gasteiger partial charge in [0.2, 0.25) is 5.91 Å². The van der Waals surface area contributed by atoms with E-state index in [4.69, 9.17) is 9.47 Å². The lowest BCUT2D eigenvalue weighted by molar-refractivity contribution is -0.120. The molecule has 3 aromatic carbocycles. The Morgan fingerprint density at radius 3 is 2.27 bits per heavy atom. The van der Waals surface area contributed by atoms with Gasteiger partial charge >= 0.3 is 0 Å². The molecule has 1 atom stereocenters. The number of hydrogen-bond acceptors (Lipinski definition) is 5. The van der Waals surface area contributed by atoms with Crippen molar-refractivity contribution in [3.8, 4) is 11.5 Å². The number of nitrogens with one attached hydrogen (secondary N) is 1. The summed E-state index contributed by atoms with van der Waals surface area (Å²) in [7, 11) is -0.856. The standard InChI is InChI=1S/C24H25IN2O5S/c1-17(22-15-20(31-2)13-14-23(22)32-3)26-24(28)16-27(19-11-9-18(25)10-12-19)33(29,30)21-7-5-4-6-8-21/h4-15,17H,16H2,1-3H3,(H,26,28)/t17-/m1/s1. The molecule has 9 heteroatoms. The number of benzene rings is 3. The van der Waals surface area contributed by atoms with E-state index in [1.165, 1.54) is 12.1 Å². The molecular formula is C24H25IN2O5S. The van der Waals surface area contributed by atoms with Gasteiger partial charge < -0.3 is 14.8 Å². The highest BCUT2D eigenvalue weighted by molar-refractivity contribution is 14.1. The molecule has 7 nitrogen and oxygen atoms in total. The Morgan fingerprint density at radius 1 is 1.00 bits per heavy atom. The molecule has 0 aromatic heterocycles. The van der Waals surface area contributed by atoms with E-state index in [0.717, 1.165) is 13.4 Å². The van der Waals surface area contributed by atoms with E-state index < -0.39 is 22.0 Å². The number of carbonyl (C=O) groups excluding carboxylic acids is 1. The molecule has 0 bridgehead atoms. The third kappa shape index (κ3) is 5.97. The van der Waals surface area contributed by atoms with Crippen LogP contribution in [0.3, 0.4) is 0 Å².